The van der Waals surface area contributed by atoms with Crippen LogP contribution in [0.25, 0.3) is 0 Å². The molecule has 1 rings (SSSR count). The Hall–Kier alpha value is -0.0800. The van der Waals surface area contributed by atoms with Gasteiger partial charge in [0, 0.05) is 16.5 Å². The molecular weight excluding hydrogens is 201 g/mol. The zero-order valence-electron chi connectivity index (χ0n) is 4.64. The third-order valence-corrected chi connectivity index (χ3v) is 1.73. The van der Waals surface area contributed by atoms with Gasteiger partial charge in [0.2, 0.25) is 0 Å². The topological polar surface area (TPSA) is 12.9 Å². The molecule has 0 spiro atoms. The number of rotatable bonds is 1. The van der Waals surface area contributed by atoms with Crippen molar-refractivity contribution in [1.29, 1.82) is 0 Å². The van der Waals surface area contributed by atoms with Gasteiger partial charge in [0.05, 0.1) is 5.69 Å². The Kier molecular flexibility index (Phi) is 2.49. The fourth-order valence-corrected chi connectivity index (χ4v) is 1.01. The van der Waals surface area contributed by atoms with Crippen molar-refractivity contribution < 1.29 is 0 Å². The molecule has 1 nitrogen and oxygen atoms in total. The highest BCUT2D eigenvalue weighted by Crippen LogP contribution is 2.09. The molecule has 0 aliphatic rings. The second kappa shape index (κ2) is 3.18. The van der Waals surface area contributed by atoms with Crippen LogP contribution in [0, 0.1) is 0 Å². The summed E-state index contributed by atoms with van der Waals surface area (Å²) in [6.07, 6.45) is 1.69. The summed E-state index contributed by atoms with van der Waals surface area (Å²) in [5.41, 5.74) is 0.961. The SMILES string of the molecule is Clc1ccnc(CBr)c1. The van der Waals surface area contributed by atoms with Gasteiger partial charge in [0.15, 0.2) is 0 Å². The smallest absolute Gasteiger partial charge is 0.0523 e. The molecule has 9 heavy (non-hydrogen) atoms. The summed E-state index contributed by atoms with van der Waals surface area (Å²) < 4.78 is 0. The first kappa shape index (κ1) is 7.03. The lowest BCUT2D eigenvalue weighted by atomic mass is 10.4. The lowest BCUT2D eigenvalue weighted by molar-refractivity contribution is 1.19. The summed E-state index contributed by atoms with van der Waals surface area (Å²) in [6.45, 7) is 0. The summed E-state index contributed by atoms with van der Waals surface area (Å²) in [5, 5.41) is 1.49. The van der Waals surface area contributed by atoms with E-state index < -0.39 is 0 Å². The van der Waals surface area contributed by atoms with Gasteiger partial charge < -0.3 is 0 Å². The van der Waals surface area contributed by atoms with Crippen molar-refractivity contribution in [3.8, 4) is 0 Å². The minimum absolute atomic E-state index is 0.736. The summed E-state index contributed by atoms with van der Waals surface area (Å²) in [5.74, 6) is 0. The Morgan fingerprint density at radius 3 is 2.89 bits per heavy atom. The fraction of sp³-hybridized carbons (Fsp3) is 0.167. The molecule has 0 unspecified atom stereocenters. The van der Waals surface area contributed by atoms with Crippen molar-refractivity contribution in [2.24, 2.45) is 0 Å². The molecule has 0 saturated heterocycles. The van der Waals surface area contributed by atoms with Gasteiger partial charge in [0.25, 0.3) is 0 Å². The van der Waals surface area contributed by atoms with Crippen molar-refractivity contribution in [1.82, 2.24) is 4.98 Å². The largest absolute Gasteiger partial charge is 0.260 e. The standard InChI is InChI=1S/C6H5BrClN/c7-4-6-3-5(8)1-2-9-6/h1-3H,4H2. The van der Waals surface area contributed by atoms with Crippen molar-refractivity contribution in [2.75, 3.05) is 0 Å². The van der Waals surface area contributed by atoms with Crippen LogP contribution in [0.5, 0.6) is 0 Å². The molecule has 48 valence electrons. The molecular formula is C6H5BrClN. The van der Waals surface area contributed by atoms with E-state index >= 15 is 0 Å². The zero-order valence-corrected chi connectivity index (χ0v) is 6.98. The van der Waals surface area contributed by atoms with Crippen LogP contribution in [-0.2, 0) is 5.33 Å². The van der Waals surface area contributed by atoms with Gasteiger partial charge in [-0.05, 0) is 12.1 Å². The summed E-state index contributed by atoms with van der Waals surface area (Å²) in [7, 11) is 0. The van der Waals surface area contributed by atoms with Crippen molar-refractivity contribution in [2.45, 2.75) is 5.33 Å². The van der Waals surface area contributed by atoms with E-state index in [4.69, 9.17) is 11.6 Å². The second-order valence-corrected chi connectivity index (χ2v) is 2.60. The van der Waals surface area contributed by atoms with Crippen LogP contribution in [0.4, 0.5) is 0 Å². The van der Waals surface area contributed by atoms with Crippen LogP contribution in [-0.4, -0.2) is 4.98 Å². The van der Waals surface area contributed by atoms with E-state index in [1.165, 1.54) is 0 Å². The Bertz CT molecular complexity index is 202. The average molecular weight is 206 g/mol. The predicted molar refractivity (Wildman–Crippen MR) is 41.9 cm³/mol. The van der Waals surface area contributed by atoms with Gasteiger partial charge in [-0.3, -0.25) is 4.98 Å². The maximum Gasteiger partial charge on any atom is 0.0523 e. The maximum atomic E-state index is 5.66. The predicted octanol–water partition coefficient (Wildman–Crippen LogP) is 2.63. The van der Waals surface area contributed by atoms with E-state index in [9.17, 15) is 0 Å². The van der Waals surface area contributed by atoms with Crippen LogP contribution < -0.4 is 0 Å². The number of hydrogen-bond donors (Lipinski definition) is 0. The molecule has 0 aliphatic carbocycles. The number of pyridine rings is 1. The Morgan fingerprint density at radius 2 is 2.44 bits per heavy atom. The molecule has 1 aromatic heterocycles. The molecule has 0 amide bonds. The molecule has 0 aromatic carbocycles. The lowest BCUT2D eigenvalue weighted by Gasteiger charge is -1.91. The van der Waals surface area contributed by atoms with Crippen LogP contribution >= 0.6 is 27.5 Å². The van der Waals surface area contributed by atoms with Crippen molar-refractivity contribution >= 4 is 27.5 Å². The van der Waals surface area contributed by atoms with Crippen LogP contribution in [0.3, 0.4) is 0 Å². The highest BCUT2D eigenvalue weighted by atomic mass is 79.9. The molecule has 0 fully saturated rings. The fourth-order valence-electron chi connectivity index (χ4n) is 0.522. The molecule has 0 radical (unpaired) electrons. The third kappa shape index (κ3) is 1.95. The van der Waals surface area contributed by atoms with E-state index in [2.05, 4.69) is 20.9 Å². The minimum Gasteiger partial charge on any atom is -0.260 e. The number of hydrogen-bond acceptors (Lipinski definition) is 1. The number of alkyl halides is 1. The van der Waals surface area contributed by atoms with Crippen molar-refractivity contribution in [3.05, 3.63) is 29.0 Å². The second-order valence-electron chi connectivity index (χ2n) is 1.60. The Morgan fingerprint density at radius 1 is 1.67 bits per heavy atom. The molecule has 0 atom stereocenters. The van der Waals surface area contributed by atoms with Crippen LogP contribution in [0.15, 0.2) is 18.3 Å². The highest BCUT2D eigenvalue weighted by molar-refractivity contribution is 9.08. The number of halogens is 2. The van der Waals surface area contributed by atoms with Crippen LogP contribution in [0.1, 0.15) is 5.69 Å². The molecule has 0 N–H and O–H groups in total. The number of aromatic nitrogens is 1. The monoisotopic (exact) mass is 205 g/mol. The van der Waals surface area contributed by atoms with Gasteiger partial charge in [0.1, 0.15) is 0 Å². The number of nitrogens with zero attached hydrogens (tertiary/aromatic N) is 1. The Balaban J connectivity index is 2.94. The van der Waals surface area contributed by atoms with E-state index in [-0.39, 0.29) is 0 Å². The Labute approximate surface area is 67.2 Å². The van der Waals surface area contributed by atoms with Crippen LogP contribution in [0.2, 0.25) is 5.02 Å². The molecule has 1 heterocycles. The van der Waals surface area contributed by atoms with Gasteiger partial charge >= 0.3 is 0 Å². The summed E-state index contributed by atoms with van der Waals surface area (Å²) in [6, 6.07) is 3.59. The normalized spacial score (nSPS) is 9.56. The first-order valence-corrected chi connectivity index (χ1v) is 3.99. The first-order chi connectivity index (χ1) is 4.33. The van der Waals surface area contributed by atoms with E-state index in [0.29, 0.717) is 0 Å². The van der Waals surface area contributed by atoms with Crippen molar-refractivity contribution in [3.63, 3.8) is 0 Å². The van der Waals surface area contributed by atoms with Gasteiger partial charge in [-0.15, -0.1) is 0 Å². The summed E-state index contributed by atoms with van der Waals surface area (Å²) in [4.78, 5) is 4.03. The minimum atomic E-state index is 0.736. The average Bonchev–Trinajstić information content (AvgIpc) is 1.88. The lowest BCUT2D eigenvalue weighted by Crippen LogP contribution is -1.80. The van der Waals surface area contributed by atoms with Gasteiger partial charge in [-0.2, -0.15) is 0 Å². The molecule has 3 heteroatoms. The first-order valence-electron chi connectivity index (χ1n) is 2.49. The van der Waals surface area contributed by atoms with E-state index in [1.807, 2.05) is 6.07 Å². The highest BCUT2D eigenvalue weighted by Gasteiger charge is 1.90. The maximum absolute atomic E-state index is 5.66. The van der Waals surface area contributed by atoms with Gasteiger partial charge in [-0.1, -0.05) is 27.5 Å². The summed E-state index contributed by atoms with van der Waals surface area (Å²) >= 11 is 8.93. The molecule has 0 aliphatic heterocycles. The van der Waals surface area contributed by atoms with E-state index in [1.54, 1.807) is 12.3 Å². The molecule has 0 saturated carbocycles. The molecule has 0 bridgehead atoms. The molecule has 1 aromatic rings. The third-order valence-electron chi connectivity index (χ3n) is 0.916. The van der Waals surface area contributed by atoms with Gasteiger partial charge in [-0.25, -0.2) is 0 Å². The zero-order chi connectivity index (χ0) is 6.69. The quantitative estimate of drug-likeness (QED) is 0.644. The van der Waals surface area contributed by atoms with E-state index in [0.717, 1.165) is 16.0 Å².